The van der Waals surface area contributed by atoms with Gasteiger partial charge in [0.2, 0.25) is 0 Å². The molecule has 100 valence electrons. The van der Waals surface area contributed by atoms with E-state index in [1.807, 2.05) is 12.1 Å². The minimum Gasteiger partial charge on any atom is -0.384 e. The first-order valence-corrected chi connectivity index (χ1v) is 6.77. The fourth-order valence-electron chi connectivity index (χ4n) is 2.92. The van der Waals surface area contributed by atoms with Gasteiger partial charge in [-0.1, -0.05) is 24.3 Å². The Morgan fingerprint density at radius 1 is 1.15 bits per heavy atom. The number of imidazole rings is 1. The molecule has 0 radical (unpaired) electrons. The van der Waals surface area contributed by atoms with E-state index in [4.69, 9.17) is 0 Å². The van der Waals surface area contributed by atoms with E-state index in [1.165, 1.54) is 17.3 Å². The van der Waals surface area contributed by atoms with Gasteiger partial charge in [-0.05, 0) is 23.8 Å². The zero-order valence-corrected chi connectivity index (χ0v) is 10.9. The third kappa shape index (κ3) is 1.76. The second kappa shape index (κ2) is 4.34. The van der Waals surface area contributed by atoms with Crippen LogP contribution in [0.4, 0.5) is 10.1 Å². The summed E-state index contributed by atoms with van der Waals surface area (Å²) in [7, 11) is 0. The van der Waals surface area contributed by atoms with Gasteiger partial charge in [-0.3, -0.25) is 0 Å². The summed E-state index contributed by atoms with van der Waals surface area (Å²) >= 11 is 0. The maximum Gasteiger partial charge on any atom is 0.151 e. The van der Waals surface area contributed by atoms with Crippen molar-refractivity contribution in [1.82, 2.24) is 9.97 Å². The summed E-state index contributed by atoms with van der Waals surface area (Å²) < 4.78 is 13.7. The molecule has 4 heteroatoms. The first-order chi connectivity index (χ1) is 9.81. The number of fused-ring (bicyclic) bond motifs is 2. The van der Waals surface area contributed by atoms with Crippen LogP contribution in [0.15, 0.2) is 42.5 Å². The molecule has 0 saturated heterocycles. The van der Waals surface area contributed by atoms with E-state index in [9.17, 15) is 4.39 Å². The van der Waals surface area contributed by atoms with E-state index in [0.717, 1.165) is 24.3 Å². The third-order valence-corrected chi connectivity index (χ3v) is 3.89. The molecule has 3 nitrogen and oxygen atoms in total. The van der Waals surface area contributed by atoms with Gasteiger partial charge in [-0.15, -0.1) is 0 Å². The van der Waals surface area contributed by atoms with Gasteiger partial charge in [0.1, 0.15) is 11.3 Å². The first-order valence-electron chi connectivity index (χ1n) is 6.77. The average Bonchev–Trinajstić information content (AvgIpc) is 3.05. The monoisotopic (exact) mass is 267 g/mol. The first kappa shape index (κ1) is 11.5. The fourth-order valence-corrected chi connectivity index (χ4v) is 2.92. The maximum atomic E-state index is 13.7. The van der Waals surface area contributed by atoms with E-state index in [2.05, 4.69) is 33.5 Å². The van der Waals surface area contributed by atoms with E-state index in [1.54, 1.807) is 6.07 Å². The van der Waals surface area contributed by atoms with E-state index >= 15 is 0 Å². The van der Waals surface area contributed by atoms with Crippen LogP contribution >= 0.6 is 0 Å². The Hall–Kier alpha value is -2.36. The predicted octanol–water partition coefficient (Wildman–Crippen LogP) is 3.45. The van der Waals surface area contributed by atoms with Gasteiger partial charge in [0, 0.05) is 24.6 Å². The molecule has 0 spiro atoms. The Balaban J connectivity index is 1.67. The second-order valence-corrected chi connectivity index (χ2v) is 5.19. The highest BCUT2D eigenvalue weighted by molar-refractivity contribution is 5.75. The summed E-state index contributed by atoms with van der Waals surface area (Å²) in [5.74, 6) is 0.957. The smallest absolute Gasteiger partial charge is 0.151 e. The van der Waals surface area contributed by atoms with Gasteiger partial charge in [0.15, 0.2) is 5.82 Å². The molecule has 1 aliphatic rings. The molecule has 1 aliphatic heterocycles. The van der Waals surface area contributed by atoms with Crippen molar-refractivity contribution in [3.63, 3.8) is 0 Å². The molecule has 1 unspecified atom stereocenters. The molecule has 2 N–H and O–H groups in total. The number of H-pyrrole nitrogens is 1. The van der Waals surface area contributed by atoms with Crippen LogP contribution in [-0.4, -0.2) is 16.5 Å². The SMILES string of the molecule is Fc1cccc2[nH]c(CC3CNc4ccccc43)nc12. The summed E-state index contributed by atoms with van der Waals surface area (Å²) in [5.41, 5.74) is 3.70. The number of nitrogens with zero attached hydrogens (tertiary/aromatic N) is 1. The van der Waals surface area contributed by atoms with Crippen LogP contribution in [0.5, 0.6) is 0 Å². The lowest BCUT2D eigenvalue weighted by Crippen LogP contribution is -2.06. The van der Waals surface area contributed by atoms with Gasteiger partial charge in [0.25, 0.3) is 0 Å². The number of aromatic nitrogens is 2. The molecule has 20 heavy (non-hydrogen) atoms. The van der Waals surface area contributed by atoms with Crippen molar-refractivity contribution in [1.29, 1.82) is 0 Å². The highest BCUT2D eigenvalue weighted by Gasteiger charge is 2.23. The van der Waals surface area contributed by atoms with Gasteiger partial charge < -0.3 is 10.3 Å². The molecule has 1 aromatic heterocycles. The van der Waals surface area contributed by atoms with Gasteiger partial charge in [0.05, 0.1) is 5.52 Å². The molecular formula is C16H14FN3. The Bertz CT molecular complexity index is 778. The molecule has 0 aliphatic carbocycles. The number of hydrogen-bond acceptors (Lipinski definition) is 2. The van der Waals surface area contributed by atoms with Gasteiger partial charge in [-0.25, -0.2) is 9.37 Å². The largest absolute Gasteiger partial charge is 0.384 e. The van der Waals surface area contributed by atoms with Crippen LogP contribution in [0.3, 0.4) is 0 Å². The van der Waals surface area contributed by atoms with Crippen LogP contribution < -0.4 is 5.32 Å². The van der Waals surface area contributed by atoms with Crippen molar-refractivity contribution in [2.45, 2.75) is 12.3 Å². The lowest BCUT2D eigenvalue weighted by molar-refractivity contribution is 0.636. The summed E-state index contributed by atoms with van der Waals surface area (Å²) in [6.07, 6.45) is 0.790. The van der Waals surface area contributed by atoms with Crippen molar-refractivity contribution >= 4 is 16.7 Å². The number of para-hydroxylation sites is 2. The summed E-state index contributed by atoms with van der Waals surface area (Å²) in [5, 5.41) is 3.40. The highest BCUT2D eigenvalue weighted by Crippen LogP contribution is 2.33. The Labute approximate surface area is 115 Å². The molecule has 0 bridgehead atoms. The minimum absolute atomic E-state index is 0.269. The summed E-state index contributed by atoms with van der Waals surface area (Å²) in [6.45, 7) is 0.902. The average molecular weight is 267 g/mol. The van der Waals surface area contributed by atoms with Crippen molar-refractivity contribution in [3.8, 4) is 0 Å². The van der Waals surface area contributed by atoms with Crippen LogP contribution in [-0.2, 0) is 6.42 Å². The zero-order chi connectivity index (χ0) is 13.5. The summed E-state index contributed by atoms with van der Waals surface area (Å²) in [4.78, 5) is 7.61. The number of nitrogens with one attached hydrogen (secondary N) is 2. The number of anilines is 1. The molecule has 4 rings (SSSR count). The molecule has 2 aromatic carbocycles. The molecule has 2 heterocycles. The lowest BCUT2D eigenvalue weighted by atomic mass is 9.98. The maximum absolute atomic E-state index is 13.7. The minimum atomic E-state index is -0.269. The second-order valence-electron chi connectivity index (χ2n) is 5.19. The van der Waals surface area contributed by atoms with E-state index in [-0.39, 0.29) is 5.82 Å². The fraction of sp³-hybridized carbons (Fsp3) is 0.188. The Morgan fingerprint density at radius 3 is 2.95 bits per heavy atom. The Morgan fingerprint density at radius 2 is 2.05 bits per heavy atom. The van der Waals surface area contributed by atoms with Crippen LogP contribution in [0.2, 0.25) is 0 Å². The van der Waals surface area contributed by atoms with Crippen molar-refractivity contribution in [2.75, 3.05) is 11.9 Å². The number of benzene rings is 2. The van der Waals surface area contributed by atoms with E-state index < -0.39 is 0 Å². The molecular weight excluding hydrogens is 253 g/mol. The zero-order valence-electron chi connectivity index (χ0n) is 10.9. The molecule has 0 fully saturated rings. The number of aromatic amines is 1. The summed E-state index contributed by atoms with van der Waals surface area (Å²) in [6, 6.07) is 13.3. The third-order valence-electron chi connectivity index (χ3n) is 3.89. The standard InChI is InChI=1S/C16H14FN3/c17-12-5-3-7-14-16(12)20-15(19-14)8-10-9-18-13-6-2-1-4-11(10)13/h1-7,10,18H,8-9H2,(H,19,20). The van der Waals surface area contributed by atoms with E-state index in [0.29, 0.717) is 11.4 Å². The van der Waals surface area contributed by atoms with Crippen molar-refractivity contribution < 1.29 is 4.39 Å². The van der Waals surface area contributed by atoms with Crippen molar-refractivity contribution in [3.05, 3.63) is 59.7 Å². The van der Waals surface area contributed by atoms with Crippen LogP contribution in [0.25, 0.3) is 11.0 Å². The quantitative estimate of drug-likeness (QED) is 0.746. The molecule has 0 saturated carbocycles. The van der Waals surface area contributed by atoms with Gasteiger partial charge >= 0.3 is 0 Å². The normalized spacial score (nSPS) is 17.1. The topological polar surface area (TPSA) is 40.7 Å². The molecule has 0 amide bonds. The number of hydrogen-bond donors (Lipinski definition) is 2. The van der Waals surface area contributed by atoms with Crippen molar-refractivity contribution in [2.24, 2.45) is 0 Å². The predicted molar refractivity (Wildman–Crippen MR) is 77.4 cm³/mol. The lowest BCUT2D eigenvalue weighted by Gasteiger charge is -2.07. The highest BCUT2D eigenvalue weighted by atomic mass is 19.1. The molecule has 3 aromatic rings. The number of rotatable bonds is 2. The van der Waals surface area contributed by atoms with Crippen LogP contribution in [0, 0.1) is 5.82 Å². The van der Waals surface area contributed by atoms with Gasteiger partial charge in [-0.2, -0.15) is 0 Å². The number of halogens is 1. The van der Waals surface area contributed by atoms with Crippen LogP contribution in [0.1, 0.15) is 17.3 Å². The molecule has 1 atom stereocenters. The Kier molecular flexibility index (Phi) is 2.49.